The third-order valence-corrected chi connectivity index (χ3v) is 3.83. The Morgan fingerprint density at radius 3 is 2.60 bits per heavy atom. The van der Waals surface area contributed by atoms with Crippen LogP contribution in [-0.4, -0.2) is 9.59 Å². The number of aryl methyl sites for hydroxylation is 1. The monoisotopic (exact) mass is 298 g/mol. The molecule has 0 saturated heterocycles. The van der Waals surface area contributed by atoms with Gasteiger partial charge in [-0.15, -0.1) is 5.10 Å². The van der Waals surface area contributed by atoms with Crippen molar-refractivity contribution in [3.8, 4) is 0 Å². The molecule has 0 spiro atoms. The fraction of sp³-hybridized carbons (Fsp3) is 0.385. The lowest BCUT2D eigenvalue weighted by Crippen LogP contribution is -2.29. The molecule has 2 aromatic rings. The van der Waals surface area contributed by atoms with Crippen LogP contribution in [0.3, 0.4) is 0 Å². The van der Waals surface area contributed by atoms with Crippen molar-refractivity contribution >= 4 is 11.5 Å². The van der Waals surface area contributed by atoms with Crippen molar-refractivity contribution in [1.29, 1.82) is 0 Å². The molecule has 1 heterocycles. The first-order valence-electron chi connectivity index (χ1n) is 6.36. The summed E-state index contributed by atoms with van der Waals surface area (Å²) in [4.78, 5) is 0.916. The van der Waals surface area contributed by atoms with Crippen molar-refractivity contribution in [1.82, 2.24) is 15.0 Å². The summed E-state index contributed by atoms with van der Waals surface area (Å²) in [5.74, 6) is 4.39. The van der Waals surface area contributed by atoms with Gasteiger partial charge < -0.3 is 0 Å². The molecule has 1 aromatic carbocycles. The minimum absolute atomic E-state index is 0.252. The van der Waals surface area contributed by atoms with Gasteiger partial charge in [0.2, 0.25) is 0 Å². The average molecular weight is 298 g/mol. The lowest BCUT2D eigenvalue weighted by Gasteiger charge is -2.15. The molecular weight excluding hydrogens is 282 g/mol. The van der Waals surface area contributed by atoms with Gasteiger partial charge in [0, 0.05) is 6.07 Å². The Morgan fingerprint density at radius 2 is 2.00 bits per heavy atom. The highest BCUT2D eigenvalue weighted by atomic mass is 32.1. The number of rotatable bonds is 6. The Hall–Kier alpha value is -1.44. The number of hydrogen-bond acceptors (Lipinski definition) is 5. The molecule has 4 nitrogen and oxygen atoms in total. The SMILES string of the molecule is CCCc1nnsc1C(Cc1cc(F)cc(F)c1)NN. The van der Waals surface area contributed by atoms with E-state index in [2.05, 4.69) is 21.9 Å². The summed E-state index contributed by atoms with van der Waals surface area (Å²) < 4.78 is 30.4. The van der Waals surface area contributed by atoms with Crippen LogP contribution in [-0.2, 0) is 12.8 Å². The van der Waals surface area contributed by atoms with Crippen LogP contribution >= 0.6 is 11.5 Å². The van der Waals surface area contributed by atoms with Gasteiger partial charge in [0.25, 0.3) is 0 Å². The Bertz CT molecular complexity index is 553. The molecule has 3 N–H and O–H groups in total. The standard InChI is InChI=1S/C13H16F2N4S/c1-2-3-11-13(20-19-18-11)12(17-16)6-8-4-9(14)7-10(15)5-8/h4-5,7,12,17H,2-3,6,16H2,1H3. The summed E-state index contributed by atoms with van der Waals surface area (Å²) in [6.07, 6.45) is 2.14. The highest BCUT2D eigenvalue weighted by molar-refractivity contribution is 7.05. The number of nitrogens with zero attached hydrogens (tertiary/aromatic N) is 2. The number of hydrazine groups is 1. The molecule has 20 heavy (non-hydrogen) atoms. The minimum atomic E-state index is -0.591. The van der Waals surface area contributed by atoms with Crippen LogP contribution < -0.4 is 11.3 Å². The highest BCUT2D eigenvalue weighted by Gasteiger charge is 2.19. The van der Waals surface area contributed by atoms with Crippen LogP contribution in [0.5, 0.6) is 0 Å². The van der Waals surface area contributed by atoms with E-state index in [1.807, 2.05) is 0 Å². The zero-order chi connectivity index (χ0) is 14.5. The van der Waals surface area contributed by atoms with E-state index in [0.717, 1.165) is 29.5 Å². The minimum Gasteiger partial charge on any atom is -0.271 e. The maximum Gasteiger partial charge on any atom is 0.126 e. The molecule has 0 aliphatic carbocycles. The first-order valence-corrected chi connectivity index (χ1v) is 7.13. The van der Waals surface area contributed by atoms with Crippen molar-refractivity contribution in [2.24, 2.45) is 5.84 Å². The van der Waals surface area contributed by atoms with Gasteiger partial charge in [0.15, 0.2) is 0 Å². The van der Waals surface area contributed by atoms with Crippen LogP contribution in [0.15, 0.2) is 18.2 Å². The largest absolute Gasteiger partial charge is 0.271 e. The third kappa shape index (κ3) is 3.56. The summed E-state index contributed by atoms with van der Waals surface area (Å²) in [5.41, 5.74) is 4.11. The molecule has 0 amide bonds. The van der Waals surface area contributed by atoms with E-state index in [4.69, 9.17) is 5.84 Å². The predicted octanol–water partition coefficient (Wildman–Crippen LogP) is 2.52. The molecular formula is C13H16F2N4S. The normalized spacial score (nSPS) is 12.6. The Kier molecular flexibility index (Phi) is 5.11. The zero-order valence-electron chi connectivity index (χ0n) is 11.1. The molecule has 108 valence electrons. The second-order valence-electron chi connectivity index (χ2n) is 4.53. The number of hydrogen-bond donors (Lipinski definition) is 2. The molecule has 0 radical (unpaired) electrons. The quantitative estimate of drug-likeness (QED) is 0.635. The number of aromatic nitrogens is 2. The molecule has 1 aromatic heterocycles. The zero-order valence-corrected chi connectivity index (χ0v) is 11.9. The molecule has 0 fully saturated rings. The highest BCUT2D eigenvalue weighted by Crippen LogP contribution is 2.25. The molecule has 0 bridgehead atoms. The fourth-order valence-corrected chi connectivity index (χ4v) is 2.84. The summed E-state index contributed by atoms with van der Waals surface area (Å²) >= 11 is 1.26. The van der Waals surface area contributed by atoms with Crippen molar-refractivity contribution < 1.29 is 8.78 Å². The summed E-state index contributed by atoms with van der Waals surface area (Å²) in [7, 11) is 0. The molecule has 7 heteroatoms. The fourth-order valence-electron chi connectivity index (χ4n) is 2.08. The van der Waals surface area contributed by atoms with Gasteiger partial charge in [0.1, 0.15) is 11.6 Å². The van der Waals surface area contributed by atoms with E-state index >= 15 is 0 Å². The summed E-state index contributed by atoms with van der Waals surface area (Å²) in [6, 6.07) is 3.21. The van der Waals surface area contributed by atoms with Crippen molar-refractivity contribution in [3.63, 3.8) is 0 Å². The van der Waals surface area contributed by atoms with Crippen LogP contribution in [0.4, 0.5) is 8.78 Å². The van der Waals surface area contributed by atoms with E-state index in [1.54, 1.807) is 0 Å². The van der Waals surface area contributed by atoms with E-state index in [9.17, 15) is 8.78 Å². The Labute approximate surface area is 120 Å². The van der Waals surface area contributed by atoms with Crippen molar-refractivity contribution in [2.45, 2.75) is 32.2 Å². The topological polar surface area (TPSA) is 63.8 Å². The van der Waals surface area contributed by atoms with Crippen molar-refractivity contribution in [3.05, 3.63) is 46.0 Å². The molecule has 0 aliphatic heterocycles. The number of benzene rings is 1. The maximum absolute atomic E-state index is 13.2. The molecule has 1 atom stereocenters. The molecule has 0 saturated carbocycles. The van der Waals surface area contributed by atoms with Crippen molar-refractivity contribution in [2.75, 3.05) is 0 Å². The van der Waals surface area contributed by atoms with Crippen LogP contribution in [0.25, 0.3) is 0 Å². The average Bonchev–Trinajstić information content (AvgIpc) is 2.83. The first-order chi connectivity index (χ1) is 9.63. The van der Waals surface area contributed by atoms with E-state index in [-0.39, 0.29) is 6.04 Å². The van der Waals surface area contributed by atoms with Gasteiger partial charge in [-0.05, 0) is 42.1 Å². The number of halogens is 2. The van der Waals surface area contributed by atoms with Gasteiger partial charge in [-0.3, -0.25) is 11.3 Å². The third-order valence-electron chi connectivity index (χ3n) is 2.95. The Morgan fingerprint density at radius 1 is 1.30 bits per heavy atom. The second kappa shape index (κ2) is 6.83. The molecule has 2 rings (SSSR count). The molecule has 1 unspecified atom stereocenters. The van der Waals surface area contributed by atoms with Gasteiger partial charge in [0.05, 0.1) is 16.6 Å². The lowest BCUT2D eigenvalue weighted by atomic mass is 10.0. The smallest absolute Gasteiger partial charge is 0.126 e. The van der Waals surface area contributed by atoms with Gasteiger partial charge in [-0.25, -0.2) is 8.78 Å². The summed E-state index contributed by atoms with van der Waals surface area (Å²) in [5, 5.41) is 4.08. The van der Waals surface area contributed by atoms with Gasteiger partial charge in [-0.2, -0.15) is 0 Å². The second-order valence-corrected chi connectivity index (χ2v) is 5.32. The first kappa shape index (κ1) is 15.0. The van der Waals surface area contributed by atoms with E-state index in [1.165, 1.54) is 23.7 Å². The van der Waals surface area contributed by atoms with E-state index in [0.29, 0.717) is 12.0 Å². The van der Waals surface area contributed by atoms with Crippen LogP contribution in [0.2, 0.25) is 0 Å². The van der Waals surface area contributed by atoms with Gasteiger partial charge in [-0.1, -0.05) is 17.8 Å². The van der Waals surface area contributed by atoms with E-state index < -0.39 is 11.6 Å². The van der Waals surface area contributed by atoms with Crippen LogP contribution in [0, 0.1) is 11.6 Å². The van der Waals surface area contributed by atoms with Gasteiger partial charge >= 0.3 is 0 Å². The predicted molar refractivity (Wildman–Crippen MR) is 74.0 cm³/mol. The maximum atomic E-state index is 13.2. The lowest BCUT2D eigenvalue weighted by molar-refractivity contribution is 0.542. The Balaban J connectivity index is 2.21. The van der Waals surface area contributed by atoms with Crippen LogP contribution in [0.1, 0.15) is 35.5 Å². The number of nitrogens with one attached hydrogen (secondary N) is 1. The number of nitrogens with two attached hydrogens (primary N) is 1. The summed E-state index contributed by atoms with van der Waals surface area (Å²) in [6.45, 7) is 2.05. The molecule has 0 aliphatic rings.